The van der Waals surface area contributed by atoms with Gasteiger partial charge in [0.15, 0.2) is 12.4 Å². The van der Waals surface area contributed by atoms with Crippen molar-refractivity contribution in [1.82, 2.24) is 0 Å². The molecule has 0 bridgehead atoms. The maximum atomic E-state index is 13.7. The van der Waals surface area contributed by atoms with Crippen LogP contribution >= 0.6 is 0 Å². The molecule has 1 N–H and O–H groups in total. The van der Waals surface area contributed by atoms with Crippen molar-refractivity contribution in [3.8, 4) is 0 Å². The highest BCUT2D eigenvalue weighted by atomic mass is 16.7. The number of benzene rings is 1. The summed E-state index contributed by atoms with van der Waals surface area (Å²) in [5.41, 5.74) is -1.10. The zero-order valence-electron chi connectivity index (χ0n) is 21.0. The number of allylic oxidation sites excluding steroid dienone is 1. The lowest BCUT2D eigenvalue weighted by atomic mass is 9.46. The molecule has 7 heteroatoms. The van der Waals surface area contributed by atoms with Gasteiger partial charge in [0.05, 0.1) is 0 Å². The van der Waals surface area contributed by atoms with Crippen molar-refractivity contribution in [3.05, 3.63) is 47.5 Å². The fraction of sp³-hybridized carbons (Fsp3) is 0.586. The largest absolute Gasteiger partial charge is 0.509 e. The predicted molar refractivity (Wildman–Crippen MR) is 130 cm³/mol. The second-order valence-corrected chi connectivity index (χ2v) is 11.5. The molecule has 1 aromatic rings. The fourth-order valence-electron chi connectivity index (χ4n) is 7.85. The number of fused-ring (bicyclic) bond motifs is 5. The average Bonchev–Trinajstić information content (AvgIpc) is 3.13. The Kier molecular flexibility index (Phi) is 6.18. The number of ether oxygens (including phenoxy) is 2. The molecule has 0 spiro atoms. The molecule has 4 aliphatic rings. The van der Waals surface area contributed by atoms with E-state index in [0.29, 0.717) is 19.3 Å². The molecule has 1 aromatic carbocycles. The van der Waals surface area contributed by atoms with E-state index in [1.165, 1.54) is 0 Å². The maximum Gasteiger partial charge on any atom is 0.509 e. The van der Waals surface area contributed by atoms with Crippen LogP contribution in [0.5, 0.6) is 0 Å². The lowest BCUT2D eigenvalue weighted by Gasteiger charge is -2.57. The number of rotatable bonds is 5. The maximum absolute atomic E-state index is 13.7. The number of hydrogen-bond acceptors (Lipinski definition) is 7. The number of hydrogen-bond donors (Lipinski definition) is 1. The fourth-order valence-corrected chi connectivity index (χ4v) is 7.85. The summed E-state index contributed by atoms with van der Waals surface area (Å²) < 4.78 is 10.1. The number of carbonyl (C=O) groups is 4. The number of ketones is 3. The van der Waals surface area contributed by atoms with Crippen molar-refractivity contribution < 1.29 is 33.8 Å². The normalized spacial score (nSPS) is 37.3. The molecule has 5 rings (SSSR count). The van der Waals surface area contributed by atoms with Gasteiger partial charge in [0.25, 0.3) is 0 Å². The van der Waals surface area contributed by atoms with Crippen molar-refractivity contribution in [1.29, 1.82) is 0 Å². The van der Waals surface area contributed by atoms with Crippen molar-refractivity contribution >= 4 is 23.5 Å². The lowest BCUT2D eigenvalue weighted by Crippen LogP contribution is -2.61. The molecule has 0 radical (unpaired) electrons. The molecule has 0 heterocycles. The molecule has 0 aliphatic heterocycles. The molecule has 3 saturated carbocycles. The van der Waals surface area contributed by atoms with Crippen LogP contribution in [0.4, 0.5) is 4.79 Å². The third kappa shape index (κ3) is 3.83. The Hall–Kier alpha value is -2.80. The molecule has 0 saturated heterocycles. The van der Waals surface area contributed by atoms with Gasteiger partial charge in [-0.25, -0.2) is 4.79 Å². The first kappa shape index (κ1) is 24.9. The number of aliphatic hydroxyl groups is 1. The SMILES string of the molecule is C[C@]12CCC(=O)C=C1CC[C@@H]1[C@@H]2C(=O)C[C@@]2(C)[C@H]1CC[C@]2(O)C(=O)COC(=O)OCc1ccccc1. The van der Waals surface area contributed by atoms with Gasteiger partial charge in [-0.15, -0.1) is 0 Å². The first-order valence-electron chi connectivity index (χ1n) is 12.9. The van der Waals surface area contributed by atoms with Crippen molar-refractivity contribution in [2.45, 2.75) is 71.0 Å². The van der Waals surface area contributed by atoms with Crippen LogP contribution in [0.3, 0.4) is 0 Å². The first-order valence-corrected chi connectivity index (χ1v) is 12.9. The second kappa shape index (κ2) is 8.94. The molecule has 3 fully saturated rings. The molecule has 0 aromatic heterocycles. The van der Waals surface area contributed by atoms with Crippen molar-refractivity contribution in [2.75, 3.05) is 6.61 Å². The summed E-state index contributed by atoms with van der Waals surface area (Å²) in [6.45, 7) is 3.39. The Morgan fingerprint density at radius 2 is 1.78 bits per heavy atom. The molecule has 0 unspecified atom stereocenters. The van der Waals surface area contributed by atoms with Crippen LogP contribution in [0.2, 0.25) is 0 Å². The third-order valence-corrected chi connectivity index (χ3v) is 9.79. The van der Waals surface area contributed by atoms with Gasteiger partial charge in [-0.3, -0.25) is 14.4 Å². The van der Waals surface area contributed by atoms with Crippen LogP contribution in [0, 0.1) is 28.6 Å². The molecule has 7 nitrogen and oxygen atoms in total. The van der Waals surface area contributed by atoms with Crippen LogP contribution in [0.25, 0.3) is 0 Å². The van der Waals surface area contributed by atoms with Gasteiger partial charge in [0.2, 0.25) is 5.78 Å². The summed E-state index contributed by atoms with van der Waals surface area (Å²) in [4.78, 5) is 51.0. The van der Waals surface area contributed by atoms with Crippen LogP contribution < -0.4 is 0 Å². The highest BCUT2D eigenvalue weighted by molar-refractivity contribution is 5.95. The minimum Gasteiger partial charge on any atom is -0.429 e. The third-order valence-electron chi connectivity index (χ3n) is 9.79. The minimum atomic E-state index is -1.74. The number of carbonyl (C=O) groups excluding carboxylic acids is 4. The predicted octanol–water partition coefficient (Wildman–Crippen LogP) is 4.35. The quantitative estimate of drug-likeness (QED) is 0.607. The van der Waals surface area contributed by atoms with Crippen LogP contribution in [-0.4, -0.2) is 40.8 Å². The van der Waals surface area contributed by atoms with E-state index >= 15 is 0 Å². The van der Waals surface area contributed by atoms with Crippen LogP contribution in [-0.2, 0) is 30.5 Å². The summed E-state index contributed by atoms with van der Waals surface area (Å²) >= 11 is 0. The monoisotopic (exact) mass is 494 g/mol. The summed E-state index contributed by atoms with van der Waals surface area (Å²) in [5, 5.41) is 11.7. The molecule has 192 valence electrons. The smallest absolute Gasteiger partial charge is 0.429 e. The van der Waals surface area contributed by atoms with E-state index in [1.807, 2.05) is 37.3 Å². The topological polar surface area (TPSA) is 107 Å². The van der Waals surface area contributed by atoms with E-state index < -0.39 is 29.6 Å². The zero-order valence-corrected chi connectivity index (χ0v) is 21.0. The van der Waals surface area contributed by atoms with E-state index in [2.05, 4.69) is 6.92 Å². The highest BCUT2D eigenvalue weighted by Crippen LogP contribution is 2.66. The molecule has 6 atom stereocenters. The summed E-state index contributed by atoms with van der Waals surface area (Å²) in [5.74, 6) is -0.498. The van der Waals surface area contributed by atoms with Gasteiger partial charge < -0.3 is 14.6 Å². The molecular formula is C29H34O7. The van der Waals surface area contributed by atoms with Crippen LogP contribution in [0.15, 0.2) is 42.0 Å². The second-order valence-electron chi connectivity index (χ2n) is 11.5. The zero-order chi connectivity index (χ0) is 25.7. The van der Waals surface area contributed by atoms with Gasteiger partial charge >= 0.3 is 6.16 Å². The van der Waals surface area contributed by atoms with Gasteiger partial charge in [-0.1, -0.05) is 49.8 Å². The van der Waals surface area contributed by atoms with E-state index in [4.69, 9.17) is 9.47 Å². The standard InChI is InChI=1S/C29H34O7/c1-27-12-10-20(30)14-19(27)8-9-21-22-11-13-29(34,28(22,2)15-23(31)25(21)27)24(32)17-36-26(33)35-16-18-6-4-3-5-7-18/h3-7,14,21-22,25,34H,8-13,15-17H2,1-2H3/t21-,22-,25+,27-,28-,29-/m0/s1. The molecule has 36 heavy (non-hydrogen) atoms. The van der Waals surface area contributed by atoms with Gasteiger partial charge in [0, 0.05) is 24.2 Å². The summed E-state index contributed by atoms with van der Waals surface area (Å²) in [7, 11) is 0. The van der Waals surface area contributed by atoms with Gasteiger partial charge in [-0.2, -0.15) is 0 Å². The summed E-state index contributed by atoms with van der Waals surface area (Å²) in [6.07, 6.45) is 4.45. The van der Waals surface area contributed by atoms with E-state index in [-0.39, 0.29) is 54.2 Å². The van der Waals surface area contributed by atoms with Gasteiger partial charge in [-0.05, 0) is 61.0 Å². The van der Waals surface area contributed by atoms with Crippen LogP contribution in [0.1, 0.15) is 64.4 Å². The number of Topliss-reactive ketones (excluding diaryl/α,β-unsaturated/α-hetero) is 2. The average molecular weight is 495 g/mol. The Labute approximate surface area is 211 Å². The summed E-state index contributed by atoms with van der Waals surface area (Å²) in [6, 6.07) is 9.13. The lowest BCUT2D eigenvalue weighted by molar-refractivity contribution is -0.171. The Morgan fingerprint density at radius 3 is 2.53 bits per heavy atom. The molecular weight excluding hydrogens is 460 g/mol. The molecule has 0 amide bonds. The Morgan fingerprint density at radius 1 is 1.03 bits per heavy atom. The van der Waals surface area contributed by atoms with E-state index in [1.54, 1.807) is 6.08 Å². The van der Waals surface area contributed by atoms with Crippen molar-refractivity contribution in [3.63, 3.8) is 0 Å². The van der Waals surface area contributed by atoms with E-state index in [0.717, 1.165) is 24.0 Å². The first-order chi connectivity index (χ1) is 17.1. The molecule has 4 aliphatic carbocycles. The Balaban J connectivity index is 1.28. The van der Waals surface area contributed by atoms with Gasteiger partial charge in [0.1, 0.15) is 18.0 Å². The van der Waals surface area contributed by atoms with E-state index in [9.17, 15) is 24.3 Å². The highest BCUT2D eigenvalue weighted by Gasteiger charge is 2.68. The van der Waals surface area contributed by atoms with Crippen molar-refractivity contribution in [2.24, 2.45) is 28.6 Å². The Bertz CT molecular complexity index is 1120. The minimum absolute atomic E-state index is 0.00943.